The van der Waals surface area contributed by atoms with Crippen LogP contribution in [0.5, 0.6) is 11.5 Å². The molecule has 2 aromatic rings. The van der Waals surface area contributed by atoms with Gasteiger partial charge in [-0.05, 0) is 23.7 Å². The molecule has 18 heavy (non-hydrogen) atoms. The van der Waals surface area contributed by atoms with Crippen LogP contribution < -0.4 is 15.1 Å². The van der Waals surface area contributed by atoms with Crippen LogP contribution in [0.1, 0.15) is 10.4 Å². The molecule has 0 aliphatic heterocycles. The summed E-state index contributed by atoms with van der Waals surface area (Å²) in [6.45, 7) is 0. The fourth-order valence-corrected chi connectivity index (χ4v) is 1.72. The van der Waals surface area contributed by atoms with Gasteiger partial charge in [-0.3, -0.25) is 4.79 Å². The van der Waals surface area contributed by atoms with E-state index in [9.17, 15) is 9.59 Å². The van der Waals surface area contributed by atoms with E-state index in [4.69, 9.17) is 25.5 Å². The first-order valence-corrected chi connectivity index (χ1v) is 5.34. The Labute approximate surface area is 107 Å². The van der Waals surface area contributed by atoms with E-state index in [1.807, 2.05) is 0 Å². The topological polar surface area (TPSA) is 65.7 Å². The lowest BCUT2D eigenvalue weighted by Crippen LogP contribution is -2.09. The van der Waals surface area contributed by atoms with Crippen LogP contribution in [0.25, 0.3) is 11.0 Å². The molecule has 0 aliphatic rings. The van der Waals surface area contributed by atoms with Crippen LogP contribution in [0.15, 0.2) is 27.4 Å². The summed E-state index contributed by atoms with van der Waals surface area (Å²) in [6.07, 6.45) is 0. The molecule has 0 atom stereocenters. The summed E-state index contributed by atoms with van der Waals surface area (Å²) in [7, 11) is 2.95. The van der Waals surface area contributed by atoms with Gasteiger partial charge in [0.2, 0.25) is 0 Å². The number of ether oxygens (including phenoxy) is 2. The fourth-order valence-electron chi connectivity index (χ4n) is 1.58. The first-order valence-electron chi connectivity index (χ1n) is 4.96. The van der Waals surface area contributed by atoms with Crippen LogP contribution in [0.2, 0.25) is 0 Å². The molecule has 6 heteroatoms. The maximum atomic E-state index is 11.5. The second kappa shape index (κ2) is 4.70. The number of benzene rings is 1. The molecule has 0 saturated carbocycles. The monoisotopic (exact) mass is 268 g/mol. The summed E-state index contributed by atoms with van der Waals surface area (Å²) in [6, 6.07) is 4.47. The van der Waals surface area contributed by atoms with Crippen molar-refractivity contribution in [2.24, 2.45) is 0 Å². The van der Waals surface area contributed by atoms with Crippen molar-refractivity contribution >= 4 is 27.8 Å². The molecule has 0 saturated heterocycles. The first kappa shape index (κ1) is 12.4. The lowest BCUT2D eigenvalue weighted by Gasteiger charge is -2.08. The summed E-state index contributed by atoms with van der Waals surface area (Å²) in [5, 5.41) is -0.336. The predicted molar refractivity (Wildman–Crippen MR) is 65.8 cm³/mol. The SMILES string of the molecule is COc1cc2cc(C(=O)Cl)c(=O)oc2cc1OC. The molecular weight excluding hydrogens is 260 g/mol. The van der Waals surface area contributed by atoms with Crippen LogP contribution in [-0.2, 0) is 0 Å². The van der Waals surface area contributed by atoms with Gasteiger partial charge in [-0.1, -0.05) is 0 Å². The largest absolute Gasteiger partial charge is 0.493 e. The molecule has 0 amide bonds. The van der Waals surface area contributed by atoms with Crippen LogP contribution >= 0.6 is 11.6 Å². The van der Waals surface area contributed by atoms with Gasteiger partial charge in [0.1, 0.15) is 11.1 Å². The first-order chi connectivity index (χ1) is 8.56. The lowest BCUT2D eigenvalue weighted by atomic mass is 10.2. The van der Waals surface area contributed by atoms with E-state index in [1.54, 1.807) is 6.07 Å². The number of hydrogen-bond acceptors (Lipinski definition) is 5. The average Bonchev–Trinajstić information content (AvgIpc) is 2.36. The number of carbonyl (C=O) groups excluding carboxylic acids is 1. The zero-order valence-corrected chi connectivity index (χ0v) is 10.4. The molecule has 0 unspecified atom stereocenters. The number of methoxy groups -OCH3 is 2. The third-order valence-corrected chi connectivity index (χ3v) is 2.65. The van der Waals surface area contributed by atoms with Crippen molar-refractivity contribution in [3.8, 4) is 11.5 Å². The molecule has 1 aromatic heterocycles. The summed E-state index contributed by atoms with van der Waals surface area (Å²) >= 11 is 5.29. The molecule has 2 rings (SSSR count). The Balaban J connectivity index is 2.78. The second-order valence-corrected chi connectivity index (χ2v) is 3.81. The summed E-state index contributed by atoms with van der Waals surface area (Å²) in [5.41, 5.74) is -0.703. The Morgan fingerprint density at radius 1 is 1.17 bits per heavy atom. The molecule has 1 aromatic carbocycles. The average molecular weight is 269 g/mol. The van der Waals surface area contributed by atoms with Gasteiger partial charge in [-0.25, -0.2) is 4.79 Å². The Hall–Kier alpha value is -2.01. The van der Waals surface area contributed by atoms with Gasteiger partial charge in [0, 0.05) is 11.5 Å². The minimum absolute atomic E-state index is 0.212. The maximum Gasteiger partial charge on any atom is 0.348 e. The van der Waals surface area contributed by atoms with Crippen molar-refractivity contribution in [2.45, 2.75) is 0 Å². The van der Waals surface area contributed by atoms with Gasteiger partial charge in [-0.15, -0.1) is 0 Å². The number of halogens is 1. The highest BCUT2D eigenvalue weighted by atomic mass is 35.5. The summed E-state index contributed by atoms with van der Waals surface area (Å²) < 4.78 is 15.2. The van der Waals surface area contributed by atoms with Crippen LogP contribution in [-0.4, -0.2) is 19.5 Å². The summed E-state index contributed by atoms with van der Waals surface area (Å²) in [4.78, 5) is 22.5. The van der Waals surface area contributed by atoms with Crippen LogP contribution in [0.3, 0.4) is 0 Å². The Morgan fingerprint density at radius 2 is 1.78 bits per heavy atom. The highest BCUT2D eigenvalue weighted by Gasteiger charge is 2.14. The van der Waals surface area contributed by atoms with E-state index >= 15 is 0 Å². The van der Waals surface area contributed by atoms with E-state index in [-0.39, 0.29) is 5.56 Å². The third kappa shape index (κ3) is 2.04. The van der Waals surface area contributed by atoms with Crippen molar-refractivity contribution in [1.82, 2.24) is 0 Å². The fraction of sp³-hybridized carbons (Fsp3) is 0.167. The van der Waals surface area contributed by atoms with Crippen molar-refractivity contribution in [1.29, 1.82) is 0 Å². The van der Waals surface area contributed by atoms with Crippen LogP contribution in [0.4, 0.5) is 0 Å². The highest BCUT2D eigenvalue weighted by molar-refractivity contribution is 6.67. The molecule has 0 spiro atoms. The van der Waals surface area contributed by atoms with Gasteiger partial charge < -0.3 is 13.9 Å². The minimum atomic E-state index is -0.861. The number of carbonyl (C=O) groups is 1. The van der Waals surface area contributed by atoms with Gasteiger partial charge >= 0.3 is 5.63 Å². The van der Waals surface area contributed by atoms with Crippen molar-refractivity contribution in [2.75, 3.05) is 14.2 Å². The van der Waals surface area contributed by atoms with E-state index in [2.05, 4.69) is 0 Å². The normalized spacial score (nSPS) is 10.4. The molecule has 0 aliphatic carbocycles. The molecular formula is C12H9ClO5. The van der Waals surface area contributed by atoms with Crippen LogP contribution in [0, 0.1) is 0 Å². The number of hydrogen-bond donors (Lipinski definition) is 0. The van der Waals surface area contributed by atoms with Gasteiger partial charge in [0.15, 0.2) is 11.5 Å². The molecule has 0 N–H and O–H groups in total. The molecule has 0 radical (unpaired) electrons. The van der Waals surface area contributed by atoms with E-state index in [0.29, 0.717) is 22.5 Å². The molecule has 0 bridgehead atoms. The third-order valence-electron chi connectivity index (χ3n) is 2.45. The Kier molecular flexibility index (Phi) is 3.25. The standard InChI is InChI=1S/C12H9ClO5/c1-16-9-4-6-3-7(11(13)14)12(15)18-8(6)5-10(9)17-2/h3-5H,1-2H3. The van der Waals surface area contributed by atoms with Gasteiger partial charge in [-0.2, -0.15) is 0 Å². The second-order valence-electron chi connectivity index (χ2n) is 3.47. The maximum absolute atomic E-state index is 11.5. The van der Waals surface area contributed by atoms with E-state index < -0.39 is 10.9 Å². The molecule has 0 fully saturated rings. The quantitative estimate of drug-likeness (QED) is 0.631. The van der Waals surface area contributed by atoms with Crippen molar-refractivity contribution in [3.63, 3.8) is 0 Å². The zero-order chi connectivity index (χ0) is 13.3. The minimum Gasteiger partial charge on any atom is -0.493 e. The molecule has 1 heterocycles. The van der Waals surface area contributed by atoms with Gasteiger partial charge in [0.05, 0.1) is 14.2 Å². The van der Waals surface area contributed by atoms with Crippen molar-refractivity contribution < 1.29 is 18.7 Å². The Morgan fingerprint density at radius 3 is 2.33 bits per heavy atom. The number of rotatable bonds is 3. The predicted octanol–water partition coefficient (Wildman–Crippen LogP) is 2.19. The van der Waals surface area contributed by atoms with E-state index in [0.717, 1.165) is 0 Å². The smallest absolute Gasteiger partial charge is 0.348 e. The summed E-state index contributed by atoms with van der Waals surface area (Å²) in [5.74, 6) is 0.893. The molecule has 5 nitrogen and oxygen atoms in total. The van der Waals surface area contributed by atoms with E-state index in [1.165, 1.54) is 26.4 Å². The lowest BCUT2D eigenvalue weighted by molar-refractivity contribution is 0.107. The van der Waals surface area contributed by atoms with Gasteiger partial charge in [0.25, 0.3) is 5.24 Å². The highest BCUT2D eigenvalue weighted by Crippen LogP contribution is 2.31. The number of fused-ring (bicyclic) bond motifs is 1. The Bertz CT molecular complexity index is 674. The molecule has 94 valence electrons. The zero-order valence-electron chi connectivity index (χ0n) is 9.65. The van der Waals surface area contributed by atoms with Crippen molar-refractivity contribution in [3.05, 3.63) is 34.2 Å².